The van der Waals surface area contributed by atoms with E-state index in [-0.39, 0.29) is 18.2 Å². The molecule has 0 unspecified atom stereocenters. The van der Waals surface area contributed by atoms with Crippen LogP contribution in [0.5, 0.6) is 0 Å². The summed E-state index contributed by atoms with van der Waals surface area (Å²) in [6.07, 6.45) is 3.01. The maximum atomic E-state index is 11.6. The topological polar surface area (TPSA) is 96.0 Å². The fraction of sp³-hybridized carbons (Fsp3) is 0.700. The molecular weight excluding hydrogens is 194 g/mol. The van der Waals surface area contributed by atoms with Crippen LogP contribution in [0.25, 0.3) is 0 Å². The molecule has 0 aromatic rings. The zero-order valence-corrected chi connectivity index (χ0v) is 8.58. The van der Waals surface area contributed by atoms with E-state index in [1.165, 1.54) is 0 Å². The molecular formula is C10H15N3O2. The van der Waals surface area contributed by atoms with Gasteiger partial charge in [0.2, 0.25) is 11.8 Å². The van der Waals surface area contributed by atoms with Crippen LogP contribution in [0.4, 0.5) is 0 Å². The summed E-state index contributed by atoms with van der Waals surface area (Å²) in [4.78, 5) is 22.0. The normalized spacial score (nSPS) is 17.3. The lowest BCUT2D eigenvalue weighted by Crippen LogP contribution is -2.45. The third-order valence-corrected chi connectivity index (χ3v) is 2.74. The number of amides is 2. The minimum atomic E-state index is -0.799. The van der Waals surface area contributed by atoms with E-state index in [4.69, 9.17) is 11.0 Å². The van der Waals surface area contributed by atoms with Crippen molar-refractivity contribution in [2.45, 2.75) is 32.1 Å². The van der Waals surface area contributed by atoms with Crippen LogP contribution in [0.15, 0.2) is 0 Å². The molecule has 1 aliphatic carbocycles. The molecule has 0 heterocycles. The number of nitrogens with zero attached hydrogens (tertiary/aromatic N) is 1. The standard InChI is InChI=1S/C10H15N3O2/c11-7-10(4-2-5-10)9(15)13-6-1-3-8(12)14/h1-6H2,(H2,12,14)(H,13,15). The fourth-order valence-corrected chi connectivity index (χ4v) is 1.55. The summed E-state index contributed by atoms with van der Waals surface area (Å²) in [5.41, 5.74) is 4.16. The molecule has 5 heteroatoms. The van der Waals surface area contributed by atoms with Crippen LogP contribution in [0.3, 0.4) is 0 Å². The molecule has 1 saturated carbocycles. The van der Waals surface area contributed by atoms with Gasteiger partial charge < -0.3 is 11.1 Å². The first-order chi connectivity index (χ1) is 7.10. The molecule has 5 nitrogen and oxygen atoms in total. The quantitative estimate of drug-likeness (QED) is 0.627. The number of hydrogen-bond acceptors (Lipinski definition) is 3. The van der Waals surface area contributed by atoms with Crippen molar-refractivity contribution in [1.29, 1.82) is 5.26 Å². The number of carbonyl (C=O) groups excluding carboxylic acids is 2. The molecule has 2 amide bonds. The number of carbonyl (C=O) groups is 2. The predicted molar refractivity (Wildman–Crippen MR) is 53.3 cm³/mol. The Kier molecular flexibility index (Phi) is 3.67. The van der Waals surface area contributed by atoms with E-state index in [1.807, 2.05) is 0 Å². The van der Waals surface area contributed by atoms with E-state index in [2.05, 4.69) is 11.4 Å². The molecule has 0 atom stereocenters. The maximum Gasteiger partial charge on any atom is 0.240 e. The Morgan fingerprint density at radius 3 is 2.53 bits per heavy atom. The molecule has 0 saturated heterocycles. The third-order valence-electron chi connectivity index (χ3n) is 2.74. The highest BCUT2D eigenvalue weighted by molar-refractivity contribution is 5.86. The van der Waals surface area contributed by atoms with Crippen molar-refractivity contribution in [3.05, 3.63) is 0 Å². The first-order valence-corrected chi connectivity index (χ1v) is 5.08. The average molecular weight is 209 g/mol. The largest absolute Gasteiger partial charge is 0.370 e. The van der Waals surface area contributed by atoms with Crippen molar-refractivity contribution in [1.82, 2.24) is 5.32 Å². The van der Waals surface area contributed by atoms with Crippen LogP contribution >= 0.6 is 0 Å². The van der Waals surface area contributed by atoms with Gasteiger partial charge in [0.1, 0.15) is 5.41 Å². The molecule has 15 heavy (non-hydrogen) atoms. The molecule has 0 aromatic carbocycles. The first kappa shape index (κ1) is 11.5. The van der Waals surface area contributed by atoms with Gasteiger partial charge in [0.15, 0.2) is 0 Å². The zero-order chi connectivity index (χ0) is 11.3. The Morgan fingerprint density at radius 1 is 1.47 bits per heavy atom. The fourth-order valence-electron chi connectivity index (χ4n) is 1.55. The van der Waals surface area contributed by atoms with Crippen molar-refractivity contribution in [2.24, 2.45) is 11.1 Å². The Labute approximate surface area is 88.6 Å². The summed E-state index contributed by atoms with van der Waals surface area (Å²) < 4.78 is 0. The summed E-state index contributed by atoms with van der Waals surface area (Å²) in [6.45, 7) is 0.408. The predicted octanol–water partition coefficient (Wildman–Crippen LogP) is 0.0620. The van der Waals surface area contributed by atoms with Crippen LogP contribution in [-0.4, -0.2) is 18.4 Å². The molecule has 82 valence electrons. The second-order valence-corrected chi connectivity index (χ2v) is 3.87. The number of hydrogen-bond donors (Lipinski definition) is 2. The molecule has 0 aromatic heterocycles. The third kappa shape index (κ3) is 2.69. The summed E-state index contributed by atoms with van der Waals surface area (Å²) in [5, 5.41) is 11.5. The smallest absolute Gasteiger partial charge is 0.240 e. The lowest BCUT2D eigenvalue weighted by Gasteiger charge is -2.33. The lowest BCUT2D eigenvalue weighted by atomic mass is 9.69. The van der Waals surface area contributed by atoms with E-state index >= 15 is 0 Å². The highest BCUT2D eigenvalue weighted by atomic mass is 16.2. The van der Waals surface area contributed by atoms with Crippen molar-refractivity contribution < 1.29 is 9.59 Å². The monoisotopic (exact) mass is 209 g/mol. The molecule has 0 aliphatic heterocycles. The summed E-state index contributed by atoms with van der Waals surface area (Å²) >= 11 is 0. The van der Waals surface area contributed by atoms with Crippen LogP contribution in [0, 0.1) is 16.7 Å². The number of nitrogens with two attached hydrogens (primary N) is 1. The average Bonchev–Trinajstić information content (AvgIpc) is 2.11. The molecule has 3 N–H and O–H groups in total. The second kappa shape index (κ2) is 4.78. The summed E-state index contributed by atoms with van der Waals surface area (Å²) in [6, 6.07) is 2.06. The van der Waals surface area contributed by atoms with Crippen molar-refractivity contribution in [2.75, 3.05) is 6.54 Å². The van der Waals surface area contributed by atoms with E-state index in [0.29, 0.717) is 25.8 Å². The van der Waals surface area contributed by atoms with E-state index in [9.17, 15) is 9.59 Å². The van der Waals surface area contributed by atoms with Gasteiger partial charge in [-0.3, -0.25) is 9.59 Å². The van der Waals surface area contributed by atoms with Crippen LogP contribution in [0.1, 0.15) is 32.1 Å². The Morgan fingerprint density at radius 2 is 2.13 bits per heavy atom. The van der Waals surface area contributed by atoms with Crippen molar-refractivity contribution >= 4 is 11.8 Å². The minimum Gasteiger partial charge on any atom is -0.370 e. The number of rotatable bonds is 5. The molecule has 1 fully saturated rings. The summed E-state index contributed by atoms with van der Waals surface area (Å²) in [5.74, 6) is -0.580. The molecule has 0 spiro atoms. The Hall–Kier alpha value is -1.57. The minimum absolute atomic E-state index is 0.208. The number of nitriles is 1. The first-order valence-electron chi connectivity index (χ1n) is 5.08. The molecule has 1 rings (SSSR count). The van der Waals surface area contributed by atoms with Crippen LogP contribution in [-0.2, 0) is 9.59 Å². The van der Waals surface area contributed by atoms with E-state index in [0.717, 1.165) is 6.42 Å². The van der Waals surface area contributed by atoms with Crippen molar-refractivity contribution in [3.8, 4) is 6.07 Å². The number of nitrogens with one attached hydrogen (secondary N) is 1. The van der Waals surface area contributed by atoms with E-state index in [1.54, 1.807) is 0 Å². The van der Waals surface area contributed by atoms with Gasteiger partial charge >= 0.3 is 0 Å². The highest BCUT2D eigenvalue weighted by Crippen LogP contribution is 2.40. The Bertz CT molecular complexity index is 302. The highest BCUT2D eigenvalue weighted by Gasteiger charge is 2.44. The van der Waals surface area contributed by atoms with Gasteiger partial charge in [-0.2, -0.15) is 5.26 Å². The van der Waals surface area contributed by atoms with Crippen molar-refractivity contribution in [3.63, 3.8) is 0 Å². The second-order valence-electron chi connectivity index (χ2n) is 3.87. The van der Waals surface area contributed by atoms with Gasteiger partial charge in [0.05, 0.1) is 6.07 Å². The van der Waals surface area contributed by atoms with Gasteiger partial charge in [0, 0.05) is 13.0 Å². The van der Waals surface area contributed by atoms with Gasteiger partial charge in [0.25, 0.3) is 0 Å². The summed E-state index contributed by atoms with van der Waals surface area (Å²) in [7, 11) is 0. The zero-order valence-electron chi connectivity index (χ0n) is 8.58. The Balaban J connectivity index is 2.25. The SMILES string of the molecule is N#CC1(C(=O)NCCCC(N)=O)CCC1. The lowest BCUT2D eigenvalue weighted by molar-refractivity contribution is -0.131. The van der Waals surface area contributed by atoms with Gasteiger partial charge in [-0.1, -0.05) is 0 Å². The molecule has 0 bridgehead atoms. The molecule has 0 radical (unpaired) electrons. The van der Waals surface area contributed by atoms with Gasteiger partial charge in [-0.15, -0.1) is 0 Å². The van der Waals surface area contributed by atoms with Gasteiger partial charge in [-0.25, -0.2) is 0 Å². The molecule has 1 aliphatic rings. The van der Waals surface area contributed by atoms with E-state index < -0.39 is 5.41 Å². The van der Waals surface area contributed by atoms with Crippen LogP contribution < -0.4 is 11.1 Å². The maximum absolute atomic E-state index is 11.6. The van der Waals surface area contributed by atoms with Gasteiger partial charge in [-0.05, 0) is 25.7 Å². The number of primary amides is 1. The van der Waals surface area contributed by atoms with Crippen LogP contribution in [0.2, 0.25) is 0 Å².